The molecule has 2 rings (SSSR count). The summed E-state index contributed by atoms with van der Waals surface area (Å²) in [5.41, 5.74) is 3.57. The van der Waals surface area contributed by atoms with E-state index in [2.05, 4.69) is 18.4 Å². The van der Waals surface area contributed by atoms with Gasteiger partial charge in [0.1, 0.15) is 0 Å². The fourth-order valence-corrected chi connectivity index (χ4v) is 3.07. The number of halogens is 1. The molecule has 3 heteroatoms. The number of ketones is 1. The van der Waals surface area contributed by atoms with E-state index in [-0.39, 0.29) is 11.7 Å². The van der Waals surface area contributed by atoms with Crippen molar-refractivity contribution in [2.45, 2.75) is 53.0 Å². The molecule has 0 N–H and O–H groups in total. The first-order valence-electron chi connectivity index (χ1n) is 6.79. The molecule has 100 valence electrons. The van der Waals surface area contributed by atoms with Crippen molar-refractivity contribution in [3.8, 4) is 0 Å². The van der Waals surface area contributed by atoms with Gasteiger partial charge in [-0.2, -0.15) is 0 Å². The molecule has 1 fully saturated rings. The molecule has 0 spiro atoms. The summed E-state index contributed by atoms with van der Waals surface area (Å²) in [5.74, 6) is 0.112. The SMILES string of the molecule is CCCC1(Cn2c(C)cc(C(=O)CCl)c2C)CC1. The molecular weight excluding hydrogens is 246 g/mol. The third-order valence-electron chi connectivity index (χ3n) is 4.23. The van der Waals surface area contributed by atoms with Crippen LogP contribution in [0.15, 0.2) is 6.07 Å². The Morgan fingerprint density at radius 3 is 2.61 bits per heavy atom. The largest absolute Gasteiger partial charge is 0.348 e. The van der Waals surface area contributed by atoms with E-state index in [0.717, 1.165) is 17.8 Å². The van der Waals surface area contributed by atoms with Crippen LogP contribution in [-0.2, 0) is 6.54 Å². The summed E-state index contributed by atoms with van der Waals surface area (Å²) in [5, 5.41) is 0. The minimum absolute atomic E-state index is 0.0383. The average Bonchev–Trinajstić information content (AvgIpc) is 3.05. The third-order valence-corrected chi connectivity index (χ3v) is 4.47. The maximum absolute atomic E-state index is 11.8. The van der Waals surface area contributed by atoms with E-state index in [0.29, 0.717) is 5.41 Å². The minimum atomic E-state index is 0.0383. The highest BCUT2D eigenvalue weighted by atomic mass is 35.5. The Labute approximate surface area is 114 Å². The second kappa shape index (κ2) is 5.08. The first kappa shape index (κ1) is 13.7. The number of aryl methyl sites for hydroxylation is 1. The van der Waals surface area contributed by atoms with Gasteiger partial charge in [-0.15, -0.1) is 11.6 Å². The summed E-state index contributed by atoms with van der Waals surface area (Å²) in [6, 6.07) is 1.99. The topological polar surface area (TPSA) is 22.0 Å². The smallest absolute Gasteiger partial charge is 0.179 e. The van der Waals surface area contributed by atoms with Crippen LogP contribution in [0.1, 0.15) is 54.4 Å². The van der Waals surface area contributed by atoms with Gasteiger partial charge in [0.2, 0.25) is 0 Å². The number of hydrogen-bond acceptors (Lipinski definition) is 1. The molecular formula is C15H22ClNO. The Morgan fingerprint density at radius 1 is 1.44 bits per heavy atom. The Balaban J connectivity index is 2.23. The Hall–Kier alpha value is -0.760. The summed E-state index contributed by atoms with van der Waals surface area (Å²) < 4.78 is 2.31. The van der Waals surface area contributed by atoms with Gasteiger partial charge in [-0.25, -0.2) is 0 Å². The Bertz CT molecular complexity index is 457. The van der Waals surface area contributed by atoms with E-state index in [1.54, 1.807) is 0 Å². The zero-order valence-electron chi connectivity index (χ0n) is 11.6. The number of Topliss-reactive ketones (excluding diaryl/α,β-unsaturated/α-hetero) is 1. The van der Waals surface area contributed by atoms with Crippen molar-refractivity contribution >= 4 is 17.4 Å². The molecule has 0 saturated heterocycles. The molecule has 0 atom stereocenters. The van der Waals surface area contributed by atoms with Gasteiger partial charge in [0.25, 0.3) is 0 Å². The first-order valence-corrected chi connectivity index (χ1v) is 7.32. The fourth-order valence-electron chi connectivity index (χ4n) is 2.93. The molecule has 1 aromatic rings. The van der Waals surface area contributed by atoms with Gasteiger partial charge in [-0.1, -0.05) is 13.3 Å². The number of rotatable bonds is 6. The Kier molecular flexibility index (Phi) is 3.86. The highest BCUT2D eigenvalue weighted by Crippen LogP contribution is 2.51. The summed E-state index contributed by atoms with van der Waals surface area (Å²) in [7, 11) is 0. The predicted molar refractivity (Wildman–Crippen MR) is 75.5 cm³/mol. The quantitative estimate of drug-likeness (QED) is 0.562. The molecule has 0 bridgehead atoms. The molecule has 0 aromatic carbocycles. The number of aromatic nitrogens is 1. The van der Waals surface area contributed by atoms with Crippen LogP contribution in [0.4, 0.5) is 0 Å². The Morgan fingerprint density at radius 2 is 2.11 bits per heavy atom. The van der Waals surface area contributed by atoms with Gasteiger partial charge in [-0.05, 0) is 44.6 Å². The van der Waals surface area contributed by atoms with Crippen molar-refractivity contribution in [1.29, 1.82) is 0 Å². The van der Waals surface area contributed by atoms with E-state index in [4.69, 9.17) is 11.6 Å². The molecule has 1 aromatic heterocycles. The van der Waals surface area contributed by atoms with Crippen LogP contribution in [0, 0.1) is 19.3 Å². The van der Waals surface area contributed by atoms with Crippen LogP contribution >= 0.6 is 11.6 Å². The van der Waals surface area contributed by atoms with Crippen molar-refractivity contribution in [1.82, 2.24) is 4.57 Å². The lowest BCUT2D eigenvalue weighted by Crippen LogP contribution is -2.14. The molecule has 1 aliphatic carbocycles. The average molecular weight is 268 g/mol. The first-order chi connectivity index (χ1) is 8.53. The van der Waals surface area contributed by atoms with Crippen molar-refractivity contribution in [2.24, 2.45) is 5.41 Å². The highest BCUT2D eigenvalue weighted by molar-refractivity contribution is 6.30. The van der Waals surface area contributed by atoms with Gasteiger partial charge in [0.05, 0.1) is 5.88 Å². The zero-order valence-corrected chi connectivity index (χ0v) is 12.3. The third kappa shape index (κ3) is 2.49. The predicted octanol–water partition coefficient (Wildman–Crippen LogP) is 4.11. The monoisotopic (exact) mass is 267 g/mol. The minimum Gasteiger partial charge on any atom is -0.348 e. The number of nitrogens with zero attached hydrogens (tertiary/aromatic N) is 1. The number of alkyl halides is 1. The number of carbonyl (C=O) groups is 1. The maximum atomic E-state index is 11.8. The van der Waals surface area contributed by atoms with Crippen molar-refractivity contribution < 1.29 is 4.79 Å². The van der Waals surface area contributed by atoms with Crippen LogP contribution in [-0.4, -0.2) is 16.2 Å². The van der Waals surface area contributed by atoms with E-state index >= 15 is 0 Å². The fraction of sp³-hybridized carbons (Fsp3) is 0.667. The summed E-state index contributed by atoms with van der Waals surface area (Å²) >= 11 is 5.66. The summed E-state index contributed by atoms with van der Waals surface area (Å²) in [6.07, 6.45) is 5.20. The highest BCUT2D eigenvalue weighted by Gasteiger charge is 2.42. The van der Waals surface area contributed by atoms with Crippen LogP contribution in [0.5, 0.6) is 0 Å². The van der Waals surface area contributed by atoms with Crippen molar-refractivity contribution in [2.75, 3.05) is 5.88 Å². The maximum Gasteiger partial charge on any atom is 0.179 e. The van der Waals surface area contributed by atoms with Gasteiger partial charge in [0.15, 0.2) is 5.78 Å². The molecule has 0 amide bonds. The lowest BCUT2D eigenvalue weighted by Gasteiger charge is -2.18. The van der Waals surface area contributed by atoms with E-state index in [1.165, 1.54) is 31.4 Å². The van der Waals surface area contributed by atoms with Crippen LogP contribution in [0.25, 0.3) is 0 Å². The molecule has 1 saturated carbocycles. The van der Waals surface area contributed by atoms with Crippen molar-refractivity contribution in [3.05, 3.63) is 23.0 Å². The van der Waals surface area contributed by atoms with E-state index < -0.39 is 0 Å². The molecule has 0 aliphatic heterocycles. The molecule has 0 unspecified atom stereocenters. The van der Waals surface area contributed by atoms with Crippen LogP contribution < -0.4 is 0 Å². The van der Waals surface area contributed by atoms with Gasteiger partial charge < -0.3 is 4.57 Å². The van der Waals surface area contributed by atoms with E-state index in [9.17, 15) is 4.79 Å². The van der Waals surface area contributed by atoms with Crippen molar-refractivity contribution in [3.63, 3.8) is 0 Å². The van der Waals surface area contributed by atoms with Gasteiger partial charge in [-0.3, -0.25) is 4.79 Å². The summed E-state index contributed by atoms with van der Waals surface area (Å²) in [6.45, 7) is 7.43. The number of carbonyl (C=O) groups excluding carboxylic acids is 1. The molecule has 0 radical (unpaired) electrons. The normalized spacial score (nSPS) is 16.9. The van der Waals surface area contributed by atoms with E-state index in [1.807, 2.05) is 13.0 Å². The summed E-state index contributed by atoms with van der Waals surface area (Å²) in [4.78, 5) is 11.8. The lowest BCUT2D eigenvalue weighted by atomic mass is 10.0. The lowest BCUT2D eigenvalue weighted by molar-refractivity contribution is 0.102. The second-order valence-electron chi connectivity index (χ2n) is 5.68. The van der Waals surface area contributed by atoms with Crippen LogP contribution in [0.2, 0.25) is 0 Å². The molecule has 18 heavy (non-hydrogen) atoms. The van der Waals surface area contributed by atoms with Gasteiger partial charge in [0, 0.05) is 23.5 Å². The molecule has 2 nitrogen and oxygen atoms in total. The zero-order chi connectivity index (χ0) is 13.3. The molecule has 1 heterocycles. The van der Waals surface area contributed by atoms with Crippen LogP contribution in [0.3, 0.4) is 0 Å². The second-order valence-corrected chi connectivity index (χ2v) is 5.95. The number of hydrogen-bond donors (Lipinski definition) is 0. The van der Waals surface area contributed by atoms with Gasteiger partial charge >= 0.3 is 0 Å². The molecule has 1 aliphatic rings. The standard InChI is InChI=1S/C15H22ClNO/c1-4-5-15(6-7-15)10-17-11(2)8-13(12(17)3)14(18)9-16/h8H,4-7,9-10H2,1-3H3.